The van der Waals surface area contributed by atoms with E-state index in [1.807, 2.05) is 38.1 Å². The van der Waals surface area contributed by atoms with E-state index < -0.39 is 0 Å². The molecule has 0 bridgehead atoms. The SMILES string of the molecule is CCC(C)c1c(C)nn(C(=O)c2ccc(C(C)(C)C)cc2)c1C. The number of benzene rings is 1. The number of aryl methyl sites for hydroxylation is 1. The van der Waals surface area contributed by atoms with Crippen LogP contribution in [-0.4, -0.2) is 15.7 Å². The number of aromatic nitrogens is 2. The Labute approximate surface area is 139 Å². The highest BCUT2D eigenvalue weighted by Gasteiger charge is 2.21. The fraction of sp³-hybridized carbons (Fsp3) is 0.500. The number of rotatable bonds is 3. The van der Waals surface area contributed by atoms with Gasteiger partial charge in [-0.3, -0.25) is 4.79 Å². The van der Waals surface area contributed by atoms with Crippen LogP contribution in [0.1, 0.15) is 79.8 Å². The molecule has 0 aliphatic rings. The maximum absolute atomic E-state index is 12.8. The topological polar surface area (TPSA) is 34.9 Å². The van der Waals surface area contributed by atoms with E-state index in [0.29, 0.717) is 11.5 Å². The van der Waals surface area contributed by atoms with Gasteiger partial charge in [-0.05, 0) is 54.9 Å². The van der Waals surface area contributed by atoms with Crippen LogP contribution in [0.4, 0.5) is 0 Å². The van der Waals surface area contributed by atoms with Gasteiger partial charge < -0.3 is 0 Å². The van der Waals surface area contributed by atoms with E-state index in [-0.39, 0.29) is 11.3 Å². The molecule has 0 amide bonds. The summed E-state index contributed by atoms with van der Waals surface area (Å²) in [7, 11) is 0. The highest BCUT2D eigenvalue weighted by Crippen LogP contribution is 2.27. The fourth-order valence-electron chi connectivity index (χ4n) is 3.00. The smallest absolute Gasteiger partial charge is 0.267 e. The lowest BCUT2D eigenvalue weighted by molar-refractivity contribution is 0.0942. The standard InChI is InChI=1S/C20H28N2O/c1-8-13(2)18-14(3)21-22(15(18)4)19(23)16-9-11-17(12-10-16)20(5,6)7/h9-13H,8H2,1-7H3. The molecule has 1 aromatic carbocycles. The molecule has 23 heavy (non-hydrogen) atoms. The minimum absolute atomic E-state index is 0.0550. The fourth-order valence-corrected chi connectivity index (χ4v) is 3.00. The van der Waals surface area contributed by atoms with Crippen molar-refractivity contribution >= 4 is 5.91 Å². The second-order valence-electron chi connectivity index (χ2n) is 7.44. The van der Waals surface area contributed by atoms with Gasteiger partial charge >= 0.3 is 0 Å². The highest BCUT2D eigenvalue weighted by atomic mass is 16.2. The quantitative estimate of drug-likeness (QED) is 0.799. The Balaban J connectivity index is 2.38. The van der Waals surface area contributed by atoms with Gasteiger partial charge in [0.25, 0.3) is 5.91 Å². The van der Waals surface area contributed by atoms with Crippen molar-refractivity contribution in [2.24, 2.45) is 0 Å². The molecule has 1 heterocycles. The Hall–Kier alpha value is -1.90. The lowest BCUT2D eigenvalue weighted by atomic mass is 9.87. The molecule has 0 aliphatic carbocycles. The van der Waals surface area contributed by atoms with Crippen molar-refractivity contribution in [1.82, 2.24) is 9.78 Å². The van der Waals surface area contributed by atoms with Crippen LogP contribution in [0.25, 0.3) is 0 Å². The van der Waals surface area contributed by atoms with Gasteiger partial charge in [0.15, 0.2) is 0 Å². The highest BCUT2D eigenvalue weighted by molar-refractivity contribution is 5.96. The van der Waals surface area contributed by atoms with Crippen molar-refractivity contribution in [3.8, 4) is 0 Å². The van der Waals surface area contributed by atoms with Crippen LogP contribution in [0.2, 0.25) is 0 Å². The zero-order valence-corrected chi connectivity index (χ0v) is 15.4. The summed E-state index contributed by atoms with van der Waals surface area (Å²) in [6.07, 6.45) is 1.04. The largest absolute Gasteiger partial charge is 0.278 e. The molecule has 0 spiro atoms. The summed E-state index contributed by atoms with van der Waals surface area (Å²) >= 11 is 0. The van der Waals surface area contributed by atoms with E-state index in [1.54, 1.807) is 4.68 Å². The molecule has 2 rings (SSSR count). The number of hydrogen-bond donors (Lipinski definition) is 0. The third-order valence-electron chi connectivity index (χ3n) is 4.64. The summed E-state index contributed by atoms with van der Waals surface area (Å²) in [5.74, 6) is 0.362. The van der Waals surface area contributed by atoms with Gasteiger partial charge in [-0.1, -0.05) is 46.8 Å². The predicted molar refractivity (Wildman–Crippen MR) is 95.3 cm³/mol. The van der Waals surface area contributed by atoms with Crippen molar-refractivity contribution < 1.29 is 4.79 Å². The Morgan fingerprint density at radius 2 is 1.74 bits per heavy atom. The molecule has 0 N–H and O–H groups in total. The molecule has 124 valence electrons. The molecule has 0 aliphatic heterocycles. The van der Waals surface area contributed by atoms with Crippen molar-refractivity contribution in [2.45, 2.75) is 66.2 Å². The first-order chi connectivity index (χ1) is 10.7. The molecular formula is C20H28N2O. The summed E-state index contributed by atoms with van der Waals surface area (Å²) in [6, 6.07) is 7.88. The van der Waals surface area contributed by atoms with Crippen LogP contribution in [0.5, 0.6) is 0 Å². The van der Waals surface area contributed by atoms with Gasteiger partial charge in [0.1, 0.15) is 0 Å². The van der Waals surface area contributed by atoms with Gasteiger partial charge in [0.05, 0.1) is 5.69 Å². The van der Waals surface area contributed by atoms with E-state index >= 15 is 0 Å². The molecule has 0 saturated heterocycles. The molecule has 2 aromatic rings. The van der Waals surface area contributed by atoms with E-state index in [9.17, 15) is 4.79 Å². The maximum atomic E-state index is 12.8. The van der Waals surface area contributed by atoms with Crippen molar-refractivity contribution in [3.05, 3.63) is 52.3 Å². The van der Waals surface area contributed by atoms with Crippen LogP contribution < -0.4 is 0 Å². The molecule has 0 fully saturated rings. The lowest BCUT2D eigenvalue weighted by Gasteiger charge is -2.19. The van der Waals surface area contributed by atoms with Gasteiger partial charge in [0, 0.05) is 11.3 Å². The van der Waals surface area contributed by atoms with Crippen LogP contribution in [0.3, 0.4) is 0 Å². The predicted octanol–water partition coefficient (Wildman–Crippen LogP) is 5.00. The number of carbonyl (C=O) groups is 1. The monoisotopic (exact) mass is 312 g/mol. The normalized spacial score (nSPS) is 13.2. The third kappa shape index (κ3) is 3.39. The minimum Gasteiger partial charge on any atom is -0.267 e. The lowest BCUT2D eigenvalue weighted by Crippen LogP contribution is -2.17. The molecule has 1 atom stereocenters. The first-order valence-electron chi connectivity index (χ1n) is 8.38. The Bertz CT molecular complexity index is 702. The summed E-state index contributed by atoms with van der Waals surface area (Å²) in [6.45, 7) is 14.8. The average Bonchev–Trinajstić information content (AvgIpc) is 2.80. The molecule has 3 nitrogen and oxygen atoms in total. The first-order valence-corrected chi connectivity index (χ1v) is 8.38. The van der Waals surface area contributed by atoms with Gasteiger partial charge in [-0.2, -0.15) is 5.10 Å². The van der Waals surface area contributed by atoms with Gasteiger partial charge in [-0.25, -0.2) is 4.68 Å². The van der Waals surface area contributed by atoms with Crippen LogP contribution >= 0.6 is 0 Å². The number of carbonyl (C=O) groups excluding carboxylic acids is 1. The Morgan fingerprint density at radius 3 is 2.22 bits per heavy atom. The minimum atomic E-state index is -0.0550. The zero-order valence-electron chi connectivity index (χ0n) is 15.4. The first kappa shape index (κ1) is 17.5. The summed E-state index contributed by atoms with van der Waals surface area (Å²) < 4.78 is 1.56. The third-order valence-corrected chi connectivity index (χ3v) is 4.64. The Kier molecular flexibility index (Phi) is 4.79. The molecule has 1 aromatic heterocycles. The van der Waals surface area contributed by atoms with Crippen molar-refractivity contribution in [3.63, 3.8) is 0 Å². The summed E-state index contributed by atoms with van der Waals surface area (Å²) in [4.78, 5) is 12.8. The molecular weight excluding hydrogens is 284 g/mol. The van der Waals surface area contributed by atoms with E-state index in [4.69, 9.17) is 0 Å². The van der Waals surface area contributed by atoms with E-state index in [0.717, 1.165) is 17.8 Å². The number of nitrogens with zero attached hydrogens (tertiary/aromatic N) is 2. The van der Waals surface area contributed by atoms with Gasteiger partial charge in [0.2, 0.25) is 0 Å². The van der Waals surface area contributed by atoms with Crippen molar-refractivity contribution in [1.29, 1.82) is 0 Å². The summed E-state index contributed by atoms with van der Waals surface area (Å²) in [5, 5.41) is 4.49. The number of hydrogen-bond acceptors (Lipinski definition) is 2. The van der Waals surface area contributed by atoms with Crippen molar-refractivity contribution in [2.75, 3.05) is 0 Å². The molecule has 0 radical (unpaired) electrons. The van der Waals surface area contributed by atoms with E-state index in [2.05, 4.69) is 39.7 Å². The second-order valence-corrected chi connectivity index (χ2v) is 7.44. The Morgan fingerprint density at radius 1 is 1.17 bits per heavy atom. The van der Waals surface area contributed by atoms with Crippen LogP contribution in [0, 0.1) is 13.8 Å². The second kappa shape index (κ2) is 6.31. The molecule has 3 heteroatoms. The van der Waals surface area contributed by atoms with Crippen LogP contribution in [0.15, 0.2) is 24.3 Å². The molecule has 1 unspecified atom stereocenters. The van der Waals surface area contributed by atoms with Crippen LogP contribution in [-0.2, 0) is 5.41 Å². The maximum Gasteiger partial charge on any atom is 0.278 e. The van der Waals surface area contributed by atoms with Gasteiger partial charge in [-0.15, -0.1) is 0 Å². The zero-order chi connectivity index (χ0) is 17.4. The average molecular weight is 312 g/mol. The molecule has 0 saturated carbocycles. The summed E-state index contributed by atoms with van der Waals surface area (Å²) in [5.41, 5.74) is 5.11. The van der Waals surface area contributed by atoms with E-state index in [1.165, 1.54) is 11.1 Å².